The number of alkyl halides is 3. The topological polar surface area (TPSA) is 114 Å². The number of unbranched alkanes of at least 4 members (excludes halogenated alkanes) is 1. The number of carbonyl (C=O) groups is 1. The van der Waals surface area contributed by atoms with E-state index in [1.807, 2.05) is 0 Å². The van der Waals surface area contributed by atoms with E-state index in [4.69, 9.17) is 14.6 Å². The molecule has 0 spiro atoms. The van der Waals surface area contributed by atoms with Crippen LogP contribution in [0.25, 0.3) is 0 Å². The van der Waals surface area contributed by atoms with Crippen LogP contribution >= 0.6 is 0 Å². The van der Waals surface area contributed by atoms with Crippen molar-refractivity contribution in [2.45, 2.75) is 18.3 Å². The second-order valence-corrected chi connectivity index (χ2v) is 5.77. The molecule has 0 aliphatic carbocycles. The second-order valence-electron chi connectivity index (χ2n) is 4.01. The largest absolute Gasteiger partial charge is 0.511 e. The Balaban J connectivity index is 3.36. The Kier molecular flexibility index (Phi) is 10.1. The van der Waals surface area contributed by atoms with Crippen molar-refractivity contribution in [2.75, 3.05) is 39.5 Å². The van der Waals surface area contributed by atoms with Crippen molar-refractivity contribution in [1.82, 2.24) is 10.0 Å². The Labute approximate surface area is 126 Å². The Morgan fingerprint density at radius 2 is 1.59 bits per heavy atom. The van der Waals surface area contributed by atoms with Gasteiger partial charge in [-0.25, -0.2) is 17.9 Å². The SMILES string of the molecule is O=C(O)NCCOCCOCCCCNS(=O)(=O)C(F)(F)F. The first-order valence-electron chi connectivity index (χ1n) is 6.35. The molecule has 12 heteroatoms. The van der Waals surface area contributed by atoms with Crippen LogP contribution in [0.3, 0.4) is 0 Å². The van der Waals surface area contributed by atoms with Crippen molar-refractivity contribution >= 4 is 16.1 Å². The molecular formula is C10H19F3N2O6S. The molecule has 0 heterocycles. The molecule has 0 aromatic carbocycles. The van der Waals surface area contributed by atoms with Crippen molar-refractivity contribution in [3.05, 3.63) is 0 Å². The van der Waals surface area contributed by atoms with Crippen molar-refractivity contribution in [3.63, 3.8) is 0 Å². The molecule has 0 saturated heterocycles. The van der Waals surface area contributed by atoms with Gasteiger partial charge in [0.25, 0.3) is 0 Å². The number of hydrogen-bond acceptors (Lipinski definition) is 5. The van der Waals surface area contributed by atoms with Gasteiger partial charge in [0.2, 0.25) is 0 Å². The van der Waals surface area contributed by atoms with Gasteiger partial charge in [-0.05, 0) is 12.8 Å². The van der Waals surface area contributed by atoms with E-state index in [1.54, 1.807) is 0 Å². The van der Waals surface area contributed by atoms with E-state index < -0.39 is 21.6 Å². The predicted molar refractivity (Wildman–Crippen MR) is 69.9 cm³/mol. The van der Waals surface area contributed by atoms with Crippen molar-refractivity contribution in [1.29, 1.82) is 0 Å². The van der Waals surface area contributed by atoms with Gasteiger partial charge >= 0.3 is 21.6 Å². The first kappa shape index (κ1) is 20.9. The zero-order valence-electron chi connectivity index (χ0n) is 11.7. The standard InChI is InChI=1S/C10H19F3N2O6S/c11-10(12,13)22(18,19)15-3-1-2-5-20-7-8-21-6-4-14-9(16)17/h14-15H,1-8H2,(H,16,17). The van der Waals surface area contributed by atoms with E-state index in [0.29, 0.717) is 6.42 Å². The lowest BCUT2D eigenvalue weighted by Gasteiger charge is -2.09. The monoisotopic (exact) mass is 352 g/mol. The summed E-state index contributed by atoms with van der Waals surface area (Å²) in [4.78, 5) is 10.1. The van der Waals surface area contributed by atoms with Crippen molar-refractivity contribution in [2.24, 2.45) is 0 Å². The maximum Gasteiger partial charge on any atom is 0.511 e. The highest BCUT2D eigenvalue weighted by molar-refractivity contribution is 7.90. The molecule has 0 aromatic heterocycles. The van der Waals surface area contributed by atoms with Crippen LogP contribution in [-0.4, -0.2) is 64.6 Å². The number of hydrogen-bond donors (Lipinski definition) is 3. The molecular weight excluding hydrogens is 333 g/mol. The van der Waals surface area contributed by atoms with E-state index in [-0.39, 0.29) is 45.9 Å². The molecule has 0 aliphatic rings. The second kappa shape index (κ2) is 10.6. The minimum absolute atomic E-state index is 0.161. The Hall–Kier alpha value is -1.11. The molecule has 0 unspecified atom stereocenters. The lowest BCUT2D eigenvalue weighted by atomic mass is 10.3. The summed E-state index contributed by atoms with van der Waals surface area (Å²) in [7, 11) is -5.27. The van der Waals surface area contributed by atoms with Gasteiger partial charge in [-0.15, -0.1) is 0 Å². The summed E-state index contributed by atoms with van der Waals surface area (Å²) in [5.41, 5.74) is -5.30. The van der Waals surface area contributed by atoms with Crippen molar-refractivity contribution < 1.29 is 41.0 Å². The van der Waals surface area contributed by atoms with E-state index in [2.05, 4.69) is 5.32 Å². The van der Waals surface area contributed by atoms with Crippen molar-refractivity contribution in [3.8, 4) is 0 Å². The fourth-order valence-electron chi connectivity index (χ4n) is 1.17. The normalized spacial score (nSPS) is 12.3. The summed E-state index contributed by atoms with van der Waals surface area (Å²) in [6.45, 7) is 0.806. The third kappa shape index (κ3) is 10.6. The van der Waals surface area contributed by atoms with Gasteiger partial charge in [0, 0.05) is 19.7 Å². The number of sulfonamides is 1. The molecule has 0 aliphatic heterocycles. The molecule has 8 nitrogen and oxygen atoms in total. The van der Waals surface area contributed by atoms with Gasteiger partial charge in [0.05, 0.1) is 19.8 Å². The number of rotatable bonds is 12. The maximum atomic E-state index is 12.0. The molecule has 132 valence electrons. The first-order chi connectivity index (χ1) is 10.2. The highest BCUT2D eigenvalue weighted by Gasteiger charge is 2.45. The van der Waals surface area contributed by atoms with Crippen LogP contribution in [0.15, 0.2) is 0 Å². The Bertz CT molecular complexity index is 415. The minimum atomic E-state index is -5.30. The third-order valence-electron chi connectivity index (χ3n) is 2.21. The number of ether oxygens (including phenoxy) is 2. The smallest absolute Gasteiger partial charge is 0.465 e. The average Bonchev–Trinajstić information content (AvgIpc) is 2.38. The van der Waals surface area contributed by atoms with Crippen LogP contribution in [0.5, 0.6) is 0 Å². The molecule has 22 heavy (non-hydrogen) atoms. The lowest BCUT2D eigenvalue weighted by molar-refractivity contribution is -0.0447. The highest BCUT2D eigenvalue weighted by Crippen LogP contribution is 2.21. The van der Waals surface area contributed by atoms with Gasteiger partial charge in [-0.1, -0.05) is 0 Å². The fourth-order valence-corrected chi connectivity index (χ4v) is 1.75. The summed E-state index contributed by atoms with van der Waals surface area (Å²) in [5.74, 6) is 0. The summed E-state index contributed by atoms with van der Waals surface area (Å²) in [6, 6.07) is 0. The summed E-state index contributed by atoms with van der Waals surface area (Å²) in [5, 5.41) is 10.4. The molecule has 0 aromatic rings. The lowest BCUT2D eigenvalue weighted by Crippen LogP contribution is -2.36. The summed E-state index contributed by atoms with van der Waals surface area (Å²) < 4.78 is 68.7. The Morgan fingerprint density at radius 3 is 2.14 bits per heavy atom. The van der Waals surface area contributed by atoms with Gasteiger partial charge in [0.15, 0.2) is 0 Å². The number of amides is 1. The molecule has 3 N–H and O–H groups in total. The van der Waals surface area contributed by atoms with Gasteiger partial charge in [-0.3, -0.25) is 0 Å². The van der Waals surface area contributed by atoms with E-state index in [9.17, 15) is 26.4 Å². The van der Waals surface area contributed by atoms with Crippen LogP contribution in [0.4, 0.5) is 18.0 Å². The van der Waals surface area contributed by atoms with Crippen LogP contribution in [-0.2, 0) is 19.5 Å². The predicted octanol–water partition coefficient (Wildman–Crippen LogP) is 0.507. The average molecular weight is 352 g/mol. The molecule has 0 rings (SSSR count). The molecule has 0 radical (unpaired) electrons. The fraction of sp³-hybridized carbons (Fsp3) is 0.900. The highest BCUT2D eigenvalue weighted by atomic mass is 32.2. The zero-order valence-corrected chi connectivity index (χ0v) is 12.5. The molecule has 0 atom stereocenters. The van der Waals surface area contributed by atoms with E-state index in [0.717, 1.165) is 0 Å². The molecule has 0 bridgehead atoms. The van der Waals surface area contributed by atoms with Crippen LogP contribution in [0.2, 0.25) is 0 Å². The Morgan fingerprint density at radius 1 is 1.00 bits per heavy atom. The molecule has 1 amide bonds. The van der Waals surface area contributed by atoms with Crippen LogP contribution < -0.4 is 10.0 Å². The van der Waals surface area contributed by atoms with Gasteiger partial charge < -0.3 is 19.9 Å². The quantitative estimate of drug-likeness (QED) is 0.441. The van der Waals surface area contributed by atoms with Crippen LogP contribution in [0.1, 0.15) is 12.8 Å². The maximum absolute atomic E-state index is 12.0. The molecule has 0 fully saturated rings. The van der Waals surface area contributed by atoms with Gasteiger partial charge in [0.1, 0.15) is 0 Å². The van der Waals surface area contributed by atoms with Crippen LogP contribution in [0, 0.1) is 0 Å². The zero-order chi connectivity index (χ0) is 17.1. The third-order valence-corrected chi connectivity index (χ3v) is 3.40. The van der Waals surface area contributed by atoms with E-state index in [1.165, 1.54) is 4.72 Å². The minimum Gasteiger partial charge on any atom is -0.465 e. The van der Waals surface area contributed by atoms with E-state index >= 15 is 0 Å². The summed E-state index contributed by atoms with van der Waals surface area (Å²) >= 11 is 0. The first-order valence-corrected chi connectivity index (χ1v) is 7.83. The summed E-state index contributed by atoms with van der Waals surface area (Å²) in [6.07, 6.45) is -0.541. The molecule has 0 saturated carbocycles. The van der Waals surface area contributed by atoms with Gasteiger partial charge in [-0.2, -0.15) is 13.2 Å². The number of halogens is 3. The number of carboxylic acid groups (broad SMARTS) is 1. The number of nitrogens with one attached hydrogen (secondary N) is 2.